The van der Waals surface area contributed by atoms with Crippen LogP contribution in [0.4, 0.5) is 0 Å². The van der Waals surface area contributed by atoms with Crippen molar-refractivity contribution in [1.29, 1.82) is 0 Å². The van der Waals surface area contributed by atoms with Crippen LogP contribution < -0.4 is 0 Å². The Morgan fingerprint density at radius 1 is 0.833 bits per heavy atom. The molecule has 0 aliphatic carbocycles. The van der Waals surface area contributed by atoms with Gasteiger partial charge in [0.05, 0.1) is 6.10 Å². The molecule has 2 aromatic carbocycles. The van der Waals surface area contributed by atoms with Gasteiger partial charge in [-0.1, -0.05) is 68.4 Å². The first-order chi connectivity index (χ1) is 11.5. The van der Waals surface area contributed by atoms with Crippen molar-refractivity contribution in [1.82, 2.24) is 4.90 Å². The van der Waals surface area contributed by atoms with Crippen LogP contribution in [0.5, 0.6) is 0 Å². The molecule has 0 aromatic heterocycles. The fourth-order valence-electron chi connectivity index (χ4n) is 2.90. The second kappa shape index (κ2) is 9.00. The molecule has 130 valence electrons. The lowest BCUT2D eigenvalue weighted by Crippen LogP contribution is -2.32. The molecule has 0 saturated carbocycles. The van der Waals surface area contributed by atoms with Crippen LogP contribution in [0.25, 0.3) is 0 Å². The Morgan fingerprint density at radius 3 is 1.96 bits per heavy atom. The molecule has 2 aromatic rings. The van der Waals surface area contributed by atoms with Crippen molar-refractivity contribution in [2.45, 2.75) is 58.7 Å². The molecular formula is C22H31NO. The highest BCUT2D eigenvalue weighted by Gasteiger charge is 2.14. The standard InChI is InChI=1S/C22H31NO/c1-17(2)20-10-12-21(13-11-20)22(24)14-15-23(18(3)4)16-19-8-6-5-7-9-19/h5-13,17-18,22,24H,14-16H2,1-4H3. The molecule has 0 radical (unpaired) electrons. The molecule has 2 heteroatoms. The number of rotatable bonds is 8. The van der Waals surface area contributed by atoms with Gasteiger partial charge in [-0.25, -0.2) is 0 Å². The molecule has 0 aliphatic rings. The second-order valence-corrected chi connectivity index (χ2v) is 7.18. The first kappa shape index (κ1) is 18.7. The van der Waals surface area contributed by atoms with E-state index in [1.807, 2.05) is 6.07 Å². The molecule has 0 spiro atoms. The maximum absolute atomic E-state index is 10.5. The number of benzene rings is 2. The van der Waals surface area contributed by atoms with E-state index in [1.165, 1.54) is 11.1 Å². The van der Waals surface area contributed by atoms with E-state index in [2.05, 4.69) is 81.1 Å². The Labute approximate surface area is 147 Å². The Bertz CT molecular complexity index is 589. The quantitative estimate of drug-likeness (QED) is 0.726. The molecular weight excluding hydrogens is 294 g/mol. The third-order valence-corrected chi connectivity index (χ3v) is 4.64. The van der Waals surface area contributed by atoms with Crippen LogP contribution >= 0.6 is 0 Å². The lowest BCUT2D eigenvalue weighted by molar-refractivity contribution is 0.127. The predicted octanol–water partition coefficient (Wildman–Crippen LogP) is 5.14. The van der Waals surface area contributed by atoms with E-state index in [-0.39, 0.29) is 0 Å². The summed E-state index contributed by atoms with van der Waals surface area (Å²) in [7, 11) is 0. The van der Waals surface area contributed by atoms with E-state index >= 15 is 0 Å². The van der Waals surface area contributed by atoms with Crippen molar-refractivity contribution in [3.63, 3.8) is 0 Å². The largest absolute Gasteiger partial charge is 0.388 e. The molecule has 0 saturated heterocycles. The Balaban J connectivity index is 1.93. The molecule has 24 heavy (non-hydrogen) atoms. The zero-order chi connectivity index (χ0) is 17.5. The smallest absolute Gasteiger partial charge is 0.0802 e. The molecule has 1 unspecified atom stereocenters. The van der Waals surface area contributed by atoms with Gasteiger partial charge < -0.3 is 5.11 Å². The summed E-state index contributed by atoms with van der Waals surface area (Å²) in [4.78, 5) is 2.42. The van der Waals surface area contributed by atoms with Gasteiger partial charge in [-0.05, 0) is 42.9 Å². The Morgan fingerprint density at radius 2 is 1.42 bits per heavy atom. The molecule has 2 nitrogen and oxygen atoms in total. The highest BCUT2D eigenvalue weighted by atomic mass is 16.3. The average molecular weight is 325 g/mol. The monoisotopic (exact) mass is 325 g/mol. The number of hydrogen-bond acceptors (Lipinski definition) is 2. The molecule has 2 rings (SSSR count). The minimum absolute atomic E-state index is 0.400. The number of aliphatic hydroxyl groups is 1. The van der Waals surface area contributed by atoms with Gasteiger partial charge in [0.25, 0.3) is 0 Å². The molecule has 0 aliphatic heterocycles. The van der Waals surface area contributed by atoms with Crippen LogP contribution in [0.1, 0.15) is 62.8 Å². The van der Waals surface area contributed by atoms with Crippen LogP contribution in [0.2, 0.25) is 0 Å². The van der Waals surface area contributed by atoms with Gasteiger partial charge in [0, 0.05) is 19.1 Å². The predicted molar refractivity (Wildman–Crippen MR) is 102 cm³/mol. The number of aliphatic hydroxyl groups excluding tert-OH is 1. The van der Waals surface area contributed by atoms with E-state index < -0.39 is 6.10 Å². The van der Waals surface area contributed by atoms with Crippen molar-refractivity contribution < 1.29 is 5.11 Å². The zero-order valence-electron chi connectivity index (χ0n) is 15.4. The SMILES string of the molecule is CC(C)c1ccc(C(O)CCN(Cc2ccccc2)C(C)C)cc1. The lowest BCUT2D eigenvalue weighted by atomic mass is 9.99. The van der Waals surface area contributed by atoms with Gasteiger partial charge in [-0.2, -0.15) is 0 Å². The first-order valence-electron chi connectivity index (χ1n) is 9.03. The minimum atomic E-state index is -0.400. The fraction of sp³-hybridized carbons (Fsp3) is 0.455. The molecule has 1 N–H and O–H groups in total. The van der Waals surface area contributed by atoms with Gasteiger partial charge in [-0.15, -0.1) is 0 Å². The second-order valence-electron chi connectivity index (χ2n) is 7.18. The molecule has 1 atom stereocenters. The Hall–Kier alpha value is -1.64. The van der Waals surface area contributed by atoms with Crippen molar-refractivity contribution in [3.8, 4) is 0 Å². The van der Waals surface area contributed by atoms with Gasteiger partial charge in [0.2, 0.25) is 0 Å². The summed E-state index contributed by atoms with van der Waals surface area (Å²) in [6.45, 7) is 10.6. The summed E-state index contributed by atoms with van der Waals surface area (Å²) in [5.41, 5.74) is 3.66. The normalized spacial score (nSPS) is 13.0. The summed E-state index contributed by atoms with van der Waals surface area (Å²) >= 11 is 0. The van der Waals surface area contributed by atoms with E-state index in [1.54, 1.807) is 0 Å². The third kappa shape index (κ3) is 5.47. The maximum atomic E-state index is 10.5. The molecule has 0 bridgehead atoms. The average Bonchev–Trinajstić information content (AvgIpc) is 2.59. The van der Waals surface area contributed by atoms with Crippen molar-refractivity contribution in [2.75, 3.05) is 6.54 Å². The van der Waals surface area contributed by atoms with Crippen molar-refractivity contribution in [2.24, 2.45) is 0 Å². The Kier molecular flexibility index (Phi) is 7.01. The number of nitrogens with zero attached hydrogens (tertiary/aromatic N) is 1. The van der Waals surface area contributed by atoms with Crippen LogP contribution in [-0.4, -0.2) is 22.6 Å². The third-order valence-electron chi connectivity index (χ3n) is 4.64. The fourth-order valence-corrected chi connectivity index (χ4v) is 2.90. The summed E-state index contributed by atoms with van der Waals surface area (Å²) in [6.07, 6.45) is 0.356. The lowest BCUT2D eigenvalue weighted by Gasteiger charge is -2.27. The van der Waals surface area contributed by atoms with Crippen molar-refractivity contribution >= 4 is 0 Å². The van der Waals surface area contributed by atoms with Crippen LogP contribution in [0.15, 0.2) is 54.6 Å². The summed E-state index contributed by atoms with van der Waals surface area (Å²) in [5, 5.41) is 10.5. The molecule has 0 heterocycles. The van der Waals surface area contributed by atoms with E-state index in [0.29, 0.717) is 12.0 Å². The van der Waals surface area contributed by atoms with Crippen molar-refractivity contribution in [3.05, 3.63) is 71.3 Å². The van der Waals surface area contributed by atoms with E-state index in [9.17, 15) is 5.11 Å². The summed E-state index contributed by atoms with van der Waals surface area (Å²) in [6, 6.07) is 19.4. The van der Waals surface area contributed by atoms with Gasteiger partial charge in [0.1, 0.15) is 0 Å². The highest BCUT2D eigenvalue weighted by molar-refractivity contribution is 5.26. The van der Waals surface area contributed by atoms with Crippen LogP contribution in [0.3, 0.4) is 0 Å². The maximum Gasteiger partial charge on any atom is 0.0802 e. The van der Waals surface area contributed by atoms with Gasteiger partial charge in [0.15, 0.2) is 0 Å². The summed E-state index contributed by atoms with van der Waals surface area (Å²) < 4.78 is 0. The zero-order valence-corrected chi connectivity index (χ0v) is 15.4. The van der Waals surface area contributed by atoms with E-state index in [0.717, 1.165) is 25.1 Å². The minimum Gasteiger partial charge on any atom is -0.388 e. The first-order valence-corrected chi connectivity index (χ1v) is 9.03. The molecule has 0 amide bonds. The van der Waals surface area contributed by atoms with Gasteiger partial charge >= 0.3 is 0 Å². The number of hydrogen-bond donors (Lipinski definition) is 1. The molecule has 0 fully saturated rings. The van der Waals surface area contributed by atoms with E-state index in [4.69, 9.17) is 0 Å². The van der Waals surface area contributed by atoms with Crippen LogP contribution in [-0.2, 0) is 6.54 Å². The summed E-state index contributed by atoms with van der Waals surface area (Å²) in [5.74, 6) is 0.526. The van der Waals surface area contributed by atoms with Gasteiger partial charge in [-0.3, -0.25) is 4.90 Å². The van der Waals surface area contributed by atoms with Crippen LogP contribution in [0, 0.1) is 0 Å². The highest BCUT2D eigenvalue weighted by Crippen LogP contribution is 2.21. The topological polar surface area (TPSA) is 23.5 Å².